The first-order valence-electron chi connectivity index (χ1n) is 9.02. The minimum Gasteiger partial charge on any atom is -0.458 e. The average Bonchev–Trinajstić information content (AvgIpc) is 2.71. The van der Waals surface area contributed by atoms with Crippen LogP contribution in [0.2, 0.25) is 0 Å². The highest BCUT2D eigenvalue weighted by molar-refractivity contribution is 5.95. The van der Waals surface area contributed by atoms with Crippen LogP contribution in [0.1, 0.15) is 35.9 Å². The summed E-state index contributed by atoms with van der Waals surface area (Å²) in [5.41, 5.74) is 2.62. The molecule has 27 heavy (non-hydrogen) atoms. The molecule has 0 unspecified atom stereocenters. The van der Waals surface area contributed by atoms with E-state index in [-0.39, 0.29) is 18.3 Å². The summed E-state index contributed by atoms with van der Waals surface area (Å²) in [7, 11) is 0. The molecule has 0 fully saturated rings. The molecule has 3 rings (SSSR count). The molecule has 1 aromatic heterocycles. The Labute approximate surface area is 158 Å². The number of para-hydroxylation sites is 2. The van der Waals surface area contributed by atoms with Gasteiger partial charge in [0.2, 0.25) is 0 Å². The van der Waals surface area contributed by atoms with Crippen molar-refractivity contribution in [3.05, 3.63) is 65.9 Å². The summed E-state index contributed by atoms with van der Waals surface area (Å²) in [6.45, 7) is 5.01. The minimum absolute atomic E-state index is 0.0448. The lowest BCUT2D eigenvalue weighted by atomic mass is 10.1. The van der Waals surface area contributed by atoms with Gasteiger partial charge in [0.05, 0.1) is 23.7 Å². The Balaban J connectivity index is 1.88. The number of anilines is 1. The van der Waals surface area contributed by atoms with Crippen molar-refractivity contribution < 1.29 is 14.3 Å². The van der Waals surface area contributed by atoms with Crippen LogP contribution in [0.15, 0.2) is 54.6 Å². The molecule has 0 radical (unpaired) electrons. The molecule has 2 aromatic carbocycles. The van der Waals surface area contributed by atoms with Gasteiger partial charge < -0.3 is 14.8 Å². The molecule has 0 saturated heterocycles. The number of nitrogens with one attached hydrogen (secondary N) is 1. The van der Waals surface area contributed by atoms with E-state index < -0.39 is 5.97 Å². The first kappa shape index (κ1) is 18.8. The molecular formula is C21H23N3O3. The second-order valence-corrected chi connectivity index (χ2v) is 6.02. The molecule has 1 atom stereocenters. The SMILES string of the molecule is CCOCCOC(=O)c1nc2ccccc2nc1N[C@@H](C)c1ccccc1. The van der Waals surface area contributed by atoms with Crippen LogP contribution < -0.4 is 5.32 Å². The van der Waals surface area contributed by atoms with Crippen LogP contribution in [0.4, 0.5) is 5.82 Å². The highest BCUT2D eigenvalue weighted by atomic mass is 16.6. The smallest absolute Gasteiger partial charge is 0.360 e. The van der Waals surface area contributed by atoms with E-state index in [4.69, 9.17) is 9.47 Å². The van der Waals surface area contributed by atoms with Crippen molar-refractivity contribution in [1.29, 1.82) is 0 Å². The van der Waals surface area contributed by atoms with Gasteiger partial charge >= 0.3 is 5.97 Å². The lowest BCUT2D eigenvalue weighted by molar-refractivity contribution is 0.0330. The van der Waals surface area contributed by atoms with Crippen molar-refractivity contribution in [3.8, 4) is 0 Å². The molecule has 0 aliphatic heterocycles. The standard InChI is InChI=1S/C21H23N3O3/c1-3-26-13-14-27-21(25)19-20(22-15(2)16-9-5-4-6-10-16)24-18-12-8-7-11-17(18)23-19/h4-12,15H,3,13-14H2,1-2H3,(H,22,24)/t15-/m0/s1. The third-order valence-corrected chi connectivity index (χ3v) is 4.08. The number of carbonyl (C=O) groups is 1. The highest BCUT2D eigenvalue weighted by Crippen LogP contribution is 2.23. The first-order chi connectivity index (χ1) is 13.2. The second-order valence-electron chi connectivity index (χ2n) is 6.02. The van der Waals surface area contributed by atoms with Gasteiger partial charge in [-0.2, -0.15) is 0 Å². The minimum atomic E-state index is -0.518. The molecule has 0 aliphatic rings. The highest BCUT2D eigenvalue weighted by Gasteiger charge is 2.19. The topological polar surface area (TPSA) is 73.3 Å². The summed E-state index contributed by atoms with van der Waals surface area (Å²) in [6.07, 6.45) is 0. The molecule has 1 N–H and O–H groups in total. The molecule has 6 heteroatoms. The fraction of sp³-hybridized carbons (Fsp3) is 0.286. The predicted molar refractivity (Wildman–Crippen MR) is 105 cm³/mol. The van der Waals surface area contributed by atoms with Crippen molar-refractivity contribution >= 4 is 22.8 Å². The number of fused-ring (bicyclic) bond motifs is 1. The number of esters is 1. The lowest BCUT2D eigenvalue weighted by Crippen LogP contribution is -2.17. The fourth-order valence-corrected chi connectivity index (χ4v) is 2.68. The van der Waals surface area contributed by atoms with Gasteiger partial charge in [0.25, 0.3) is 0 Å². The van der Waals surface area contributed by atoms with E-state index in [2.05, 4.69) is 15.3 Å². The maximum Gasteiger partial charge on any atom is 0.360 e. The maximum absolute atomic E-state index is 12.6. The van der Waals surface area contributed by atoms with Crippen molar-refractivity contribution in [3.63, 3.8) is 0 Å². The fourth-order valence-electron chi connectivity index (χ4n) is 2.68. The van der Waals surface area contributed by atoms with Crippen LogP contribution in [0, 0.1) is 0 Å². The Morgan fingerprint density at radius 3 is 2.37 bits per heavy atom. The number of hydrogen-bond acceptors (Lipinski definition) is 6. The second kappa shape index (κ2) is 9.09. The Morgan fingerprint density at radius 1 is 1.00 bits per heavy atom. The number of ether oxygens (including phenoxy) is 2. The van der Waals surface area contributed by atoms with Gasteiger partial charge in [0.15, 0.2) is 11.5 Å². The van der Waals surface area contributed by atoms with Gasteiger partial charge in [-0.15, -0.1) is 0 Å². The van der Waals surface area contributed by atoms with E-state index in [1.165, 1.54) is 0 Å². The summed E-state index contributed by atoms with van der Waals surface area (Å²) in [5.74, 6) is -0.109. The molecule has 0 aliphatic carbocycles. The number of rotatable bonds is 8. The number of carbonyl (C=O) groups excluding carboxylic acids is 1. The molecule has 0 spiro atoms. The summed E-state index contributed by atoms with van der Waals surface area (Å²) in [5, 5.41) is 3.30. The van der Waals surface area contributed by atoms with E-state index >= 15 is 0 Å². The average molecular weight is 365 g/mol. The third-order valence-electron chi connectivity index (χ3n) is 4.08. The Morgan fingerprint density at radius 2 is 1.67 bits per heavy atom. The van der Waals surface area contributed by atoms with Gasteiger partial charge in [0, 0.05) is 6.61 Å². The van der Waals surface area contributed by atoms with Gasteiger partial charge in [-0.1, -0.05) is 42.5 Å². The van der Waals surface area contributed by atoms with E-state index in [9.17, 15) is 4.79 Å². The van der Waals surface area contributed by atoms with E-state index in [1.807, 2.05) is 68.4 Å². The van der Waals surface area contributed by atoms with Crippen LogP contribution in [-0.4, -0.2) is 35.8 Å². The molecular weight excluding hydrogens is 342 g/mol. The Kier molecular flexibility index (Phi) is 6.33. The predicted octanol–water partition coefficient (Wildman–Crippen LogP) is 4.00. The summed E-state index contributed by atoms with van der Waals surface area (Å²) >= 11 is 0. The van der Waals surface area contributed by atoms with E-state index in [1.54, 1.807) is 0 Å². The molecule has 0 amide bonds. The molecule has 0 bridgehead atoms. The van der Waals surface area contributed by atoms with Gasteiger partial charge in [-0.25, -0.2) is 14.8 Å². The van der Waals surface area contributed by atoms with Crippen LogP contribution in [0.5, 0.6) is 0 Å². The molecule has 140 valence electrons. The number of nitrogens with zero attached hydrogens (tertiary/aromatic N) is 2. The molecule has 1 heterocycles. The summed E-state index contributed by atoms with van der Waals surface area (Å²) in [6, 6.07) is 17.4. The zero-order chi connectivity index (χ0) is 19.1. The van der Waals surface area contributed by atoms with E-state index in [0.29, 0.717) is 30.1 Å². The number of benzene rings is 2. The molecule has 0 saturated carbocycles. The Hall–Kier alpha value is -2.99. The van der Waals surface area contributed by atoms with Crippen molar-refractivity contribution in [2.45, 2.75) is 19.9 Å². The van der Waals surface area contributed by atoms with Crippen LogP contribution in [-0.2, 0) is 9.47 Å². The molecule has 6 nitrogen and oxygen atoms in total. The monoisotopic (exact) mass is 365 g/mol. The quantitative estimate of drug-likeness (QED) is 0.480. The zero-order valence-corrected chi connectivity index (χ0v) is 15.5. The number of hydrogen-bond donors (Lipinski definition) is 1. The maximum atomic E-state index is 12.6. The van der Waals surface area contributed by atoms with Gasteiger partial charge in [0.1, 0.15) is 6.61 Å². The number of aromatic nitrogens is 2. The van der Waals surface area contributed by atoms with Crippen LogP contribution in [0.3, 0.4) is 0 Å². The van der Waals surface area contributed by atoms with E-state index in [0.717, 1.165) is 5.56 Å². The summed E-state index contributed by atoms with van der Waals surface area (Å²) in [4.78, 5) is 21.7. The Bertz CT molecular complexity index is 900. The van der Waals surface area contributed by atoms with Crippen molar-refractivity contribution in [2.24, 2.45) is 0 Å². The first-order valence-corrected chi connectivity index (χ1v) is 9.02. The molecule has 3 aromatic rings. The zero-order valence-electron chi connectivity index (χ0n) is 15.5. The van der Waals surface area contributed by atoms with Crippen LogP contribution >= 0.6 is 0 Å². The van der Waals surface area contributed by atoms with Gasteiger partial charge in [-0.3, -0.25) is 0 Å². The summed E-state index contributed by atoms with van der Waals surface area (Å²) < 4.78 is 10.5. The lowest BCUT2D eigenvalue weighted by Gasteiger charge is -2.17. The largest absolute Gasteiger partial charge is 0.458 e. The van der Waals surface area contributed by atoms with Crippen molar-refractivity contribution in [2.75, 3.05) is 25.1 Å². The van der Waals surface area contributed by atoms with Crippen LogP contribution in [0.25, 0.3) is 11.0 Å². The van der Waals surface area contributed by atoms with Crippen molar-refractivity contribution in [1.82, 2.24) is 9.97 Å². The third kappa shape index (κ3) is 4.80. The van der Waals surface area contributed by atoms with Gasteiger partial charge in [-0.05, 0) is 31.5 Å². The normalized spacial score (nSPS) is 11.9.